The second-order valence-electron chi connectivity index (χ2n) is 13.3. The molecule has 0 radical (unpaired) electrons. The summed E-state index contributed by atoms with van der Waals surface area (Å²) in [6.07, 6.45) is 0. The van der Waals surface area contributed by atoms with E-state index in [0.29, 0.717) is 0 Å². The van der Waals surface area contributed by atoms with E-state index in [1.807, 2.05) is 0 Å². The minimum absolute atomic E-state index is 1.17. The van der Waals surface area contributed by atoms with Gasteiger partial charge in [-0.15, -0.1) is 0 Å². The van der Waals surface area contributed by atoms with E-state index in [2.05, 4.69) is 191 Å². The Balaban J connectivity index is 1.07. The average molecular weight is 635 g/mol. The van der Waals surface area contributed by atoms with Gasteiger partial charge in [0.15, 0.2) is 0 Å². The molecule has 0 aliphatic heterocycles. The molecule has 0 fully saturated rings. The van der Waals surface area contributed by atoms with E-state index >= 15 is 0 Å². The molecule has 0 aliphatic carbocycles. The molecule has 0 bridgehead atoms. The zero-order valence-corrected chi connectivity index (χ0v) is 27.2. The maximum atomic E-state index is 2.43. The first-order chi connectivity index (χ1) is 24.8. The minimum Gasteiger partial charge on any atom is -0.309 e. The van der Waals surface area contributed by atoms with Crippen molar-refractivity contribution >= 4 is 75.9 Å². The normalized spacial score (nSPS) is 12.0. The molecule has 232 valence electrons. The third kappa shape index (κ3) is 3.85. The van der Waals surface area contributed by atoms with Crippen LogP contribution >= 0.6 is 0 Å². The molecule has 0 unspecified atom stereocenters. The topological polar surface area (TPSA) is 9.86 Å². The fourth-order valence-electron chi connectivity index (χ4n) is 8.47. The number of fused-ring (bicyclic) bond motifs is 12. The smallest absolute Gasteiger partial charge is 0.0541 e. The SMILES string of the molecule is c1ccc2c(c1)c1ccccc1c1cc(-n3c4ccccc4c4cc(-c5ccc(-n6c7ccccc7c7ccccc76)cc5)ccc43)ccc21. The molecule has 0 atom stereocenters. The number of rotatable bonds is 3. The molecule has 0 saturated carbocycles. The fraction of sp³-hybridized carbons (Fsp3) is 0. The van der Waals surface area contributed by atoms with Crippen molar-refractivity contribution in [1.82, 2.24) is 9.13 Å². The second-order valence-corrected chi connectivity index (χ2v) is 13.3. The first-order valence-electron chi connectivity index (χ1n) is 17.3. The Labute approximate surface area is 288 Å². The van der Waals surface area contributed by atoms with Gasteiger partial charge in [-0.2, -0.15) is 0 Å². The third-order valence-electron chi connectivity index (χ3n) is 10.7. The van der Waals surface area contributed by atoms with Crippen molar-refractivity contribution in [3.05, 3.63) is 182 Å². The summed E-state index contributed by atoms with van der Waals surface area (Å²) in [6.45, 7) is 0. The van der Waals surface area contributed by atoms with Gasteiger partial charge in [-0.1, -0.05) is 127 Å². The van der Waals surface area contributed by atoms with E-state index in [9.17, 15) is 0 Å². The standard InChI is InChI=1S/C48H30N2/c1-2-13-37-35(11-1)36-12-3-4-14-38(36)43-30-34(26-27-39(37)43)50-47-20-10-7-17-42(47)44-29-32(23-28-48(44)50)31-21-24-33(25-22-31)49-45-18-8-5-15-40(45)41-16-6-9-19-46(41)49/h1-30H. The number of para-hydroxylation sites is 3. The van der Waals surface area contributed by atoms with Gasteiger partial charge in [-0.25, -0.2) is 0 Å². The molecule has 2 heterocycles. The molecule has 0 aliphatic rings. The largest absolute Gasteiger partial charge is 0.309 e. The predicted molar refractivity (Wildman–Crippen MR) is 213 cm³/mol. The molecular weight excluding hydrogens is 605 g/mol. The summed E-state index contributed by atoms with van der Waals surface area (Å²) in [4.78, 5) is 0. The summed E-state index contributed by atoms with van der Waals surface area (Å²) >= 11 is 0. The molecule has 9 aromatic carbocycles. The third-order valence-corrected chi connectivity index (χ3v) is 10.7. The van der Waals surface area contributed by atoms with Crippen molar-refractivity contribution in [1.29, 1.82) is 0 Å². The van der Waals surface area contributed by atoms with Gasteiger partial charge in [0.2, 0.25) is 0 Å². The molecule has 0 amide bonds. The Morgan fingerprint density at radius 3 is 1.16 bits per heavy atom. The van der Waals surface area contributed by atoms with Crippen LogP contribution in [0.5, 0.6) is 0 Å². The molecule has 2 heteroatoms. The van der Waals surface area contributed by atoms with Gasteiger partial charge < -0.3 is 9.13 Å². The zero-order chi connectivity index (χ0) is 32.8. The lowest BCUT2D eigenvalue weighted by molar-refractivity contribution is 1.18. The quantitative estimate of drug-likeness (QED) is 0.171. The maximum absolute atomic E-state index is 2.43. The van der Waals surface area contributed by atoms with Crippen molar-refractivity contribution < 1.29 is 0 Å². The first kappa shape index (κ1) is 27.3. The van der Waals surface area contributed by atoms with E-state index in [1.54, 1.807) is 0 Å². The van der Waals surface area contributed by atoms with Gasteiger partial charge in [0.25, 0.3) is 0 Å². The van der Waals surface area contributed by atoms with E-state index in [1.165, 1.54) is 98.4 Å². The predicted octanol–water partition coefficient (Wildman–Crippen LogP) is 13.0. The van der Waals surface area contributed by atoms with Crippen molar-refractivity contribution in [2.45, 2.75) is 0 Å². The number of aromatic nitrogens is 2. The molecule has 11 aromatic rings. The summed E-state index contributed by atoms with van der Waals surface area (Å²) in [5, 5.41) is 12.8. The van der Waals surface area contributed by atoms with E-state index < -0.39 is 0 Å². The van der Waals surface area contributed by atoms with Gasteiger partial charge in [0, 0.05) is 32.9 Å². The highest BCUT2D eigenvalue weighted by atomic mass is 15.0. The number of hydrogen-bond donors (Lipinski definition) is 0. The van der Waals surface area contributed by atoms with Crippen LogP contribution in [-0.4, -0.2) is 9.13 Å². The van der Waals surface area contributed by atoms with Crippen LogP contribution in [-0.2, 0) is 0 Å². The number of hydrogen-bond acceptors (Lipinski definition) is 0. The van der Waals surface area contributed by atoms with Gasteiger partial charge in [0.05, 0.1) is 22.1 Å². The molecule has 2 nitrogen and oxygen atoms in total. The lowest BCUT2D eigenvalue weighted by atomic mass is 9.94. The van der Waals surface area contributed by atoms with Crippen molar-refractivity contribution in [2.24, 2.45) is 0 Å². The molecule has 0 N–H and O–H groups in total. The Morgan fingerprint density at radius 2 is 0.600 bits per heavy atom. The second kappa shape index (κ2) is 10.4. The summed E-state index contributed by atoms with van der Waals surface area (Å²) in [5.74, 6) is 0. The lowest BCUT2D eigenvalue weighted by Gasteiger charge is -2.14. The van der Waals surface area contributed by atoms with E-state index in [0.717, 1.165) is 0 Å². The summed E-state index contributed by atoms with van der Waals surface area (Å²) in [7, 11) is 0. The van der Waals surface area contributed by atoms with Crippen LogP contribution in [0.4, 0.5) is 0 Å². The average Bonchev–Trinajstić information content (AvgIpc) is 3.71. The number of nitrogens with zero attached hydrogens (tertiary/aromatic N) is 2. The van der Waals surface area contributed by atoms with Gasteiger partial charge in [0.1, 0.15) is 0 Å². The number of benzene rings is 9. The van der Waals surface area contributed by atoms with Crippen LogP contribution in [0.15, 0.2) is 182 Å². The monoisotopic (exact) mass is 634 g/mol. The van der Waals surface area contributed by atoms with Crippen LogP contribution in [0.3, 0.4) is 0 Å². The maximum Gasteiger partial charge on any atom is 0.0541 e. The zero-order valence-electron chi connectivity index (χ0n) is 27.2. The van der Waals surface area contributed by atoms with Gasteiger partial charge in [-0.05, 0) is 98.0 Å². The molecule has 2 aromatic heterocycles. The summed E-state index contributed by atoms with van der Waals surface area (Å²) < 4.78 is 4.81. The van der Waals surface area contributed by atoms with Crippen molar-refractivity contribution in [3.8, 4) is 22.5 Å². The van der Waals surface area contributed by atoms with Crippen LogP contribution in [0.1, 0.15) is 0 Å². The molecule has 0 saturated heterocycles. The van der Waals surface area contributed by atoms with Crippen LogP contribution in [0, 0.1) is 0 Å². The highest BCUT2D eigenvalue weighted by Gasteiger charge is 2.16. The van der Waals surface area contributed by atoms with E-state index in [4.69, 9.17) is 0 Å². The van der Waals surface area contributed by atoms with E-state index in [-0.39, 0.29) is 0 Å². The van der Waals surface area contributed by atoms with Crippen molar-refractivity contribution in [2.75, 3.05) is 0 Å². The molecular formula is C48H30N2. The Hall–Kier alpha value is -6.64. The highest BCUT2D eigenvalue weighted by Crippen LogP contribution is 2.39. The molecule has 50 heavy (non-hydrogen) atoms. The fourth-order valence-corrected chi connectivity index (χ4v) is 8.47. The van der Waals surface area contributed by atoms with Crippen LogP contribution in [0.2, 0.25) is 0 Å². The highest BCUT2D eigenvalue weighted by molar-refractivity contribution is 6.25. The summed E-state index contributed by atoms with van der Waals surface area (Å²) in [5.41, 5.74) is 9.64. The van der Waals surface area contributed by atoms with Crippen LogP contribution < -0.4 is 0 Å². The van der Waals surface area contributed by atoms with Crippen LogP contribution in [0.25, 0.3) is 98.4 Å². The van der Waals surface area contributed by atoms with Crippen molar-refractivity contribution in [3.63, 3.8) is 0 Å². The Kier molecular flexibility index (Phi) is 5.70. The van der Waals surface area contributed by atoms with Gasteiger partial charge in [-0.3, -0.25) is 0 Å². The summed E-state index contributed by atoms with van der Waals surface area (Å²) in [6, 6.07) is 66.7. The van der Waals surface area contributed by atoms with Gasteiger partial charge >= 0.3 is 0 Å². The first-order valence-corrected chi connectivity index (χ1v) is 17.3. The minimum atomic E-state index is 1.17. The Morgan fingerprint density at radius 1 is 0.220 bits per heavy atom. The molecule has 11 rings (SSSR count). The molecule has 0 spiro atoms. The Bertz CT molecular complexity index is 3050. The lowest BCUT2D eigenvalue weighted by Crippen LogP contribution is -1.95.